The molecule has 0 N–H and O–H groups in total. The molecule has 0 aliphatic carbocycles. The van der Waals surface area contributed by atoms with E-state index in [1.165, 1.54) is 29.6 Å². The highest BCUT2D eigenvalue weighted by molar-refractivity contribution is 5.85. The van der Waals surface area contributed by atoms with E-state index in [9.17, 15) is 0 Å². The Morgan fingerprint density at radius 3 is 2.48 bits per heavy atom. The average Bonchev–Trinajstić information content (AvgIpc) is 3.12. The van der Waals surface area contributed by atoms with Crippen molar-refractivity contribution in [2.24, 2.45) is 0 Å². The van der Waals surface area contributed by atoms with Crippen molar-refractivity contribution in [2.45, 2.75) is 25.9 Å². The number of aromatic nitrogens is 1. The molecule has 0 amide bonds. The van der Waals surface area contributed by atoms with Gasteiger partial charge in [-0.15, -0.1) is 0 Å². The Hall–Kier alpha value is -2.50. The lowest BCUT2D eigenvalue weighted by Gasteiger charge is -2.36. The number of hydrogen-bond acceptors (Lipinski definition) is 4. The minimum absolute atomic E-state index is 0.978. The van der Waals surface area contributed by atoms with Crippen LogP contribution in [-0.4, -0.2) is 67.8 Å². The second kappa shape index (κ2) is 8.93. The largest absolute Gasteiger partial charge is 0.495 e. The third-order valence-corrected chi connectivity index (χ3v) is 7.01. The van der Waals surface area contributed by atoms with Gasteiger partial charge in [0.15, 0.2) is 0 Å². The molecular formula is C26H34N4O. The number of hydrogen-bond donors (Lipinski definition) is 0. The summed E-state index contributed by atoms with van der Waals surface area (Å²) in [7, 11) is 4.00. The van der Waals surface area contributed by atoms with Gasteiger partial charge in [0.1, 0.15) is 5.75 Å². The lowest BCUT2D eigenvalue weighted by Crippen LogP contribution is -2.46. The predicted molar refractivity (Wildman–Crippen MR) is 128 cm³/mol. The highest BCUT2D eigenvalue weighted by atomic mass is 16.5. The molecule has 5 rings (SSSR count). The number of aryl methyl sites for hydroxylation is 1. The molecule has 1 aromatic heterocycles. The van der Waals surface area contributed by atoms with Crippen LogP contribution in [0.5, 0.6) is 5.75 Å². The molecule has 3 heterocycles. The molecule has 31 heavy (non-hydrogen) atoms. The van der Waals surface area contributed by atoms with Crippen molar-refractivity contribution in [1.29, 1.82) is 0 Å². The number of piperazine rings is 1. The first-order chi connectivity index (χ1) is 15.2. The van der Waals surface area contributed by atoms with Crippen LogP contribution in [0, 0.1) is 0 Å². The van der Waals surface area contributed by atoms with E-state index in [1.54, 1.807) is 18.4 Å². The average molecular weight is 419 g/mol. The molecule has 164 valence electrons. The van der Waals surface area contributed by atoms with Gasteiger partial charge in [0.05, 0.1) is 12.8 Å². The number of ether oxygens (including phenoxy) is 1. The van der Waals surface area contributed by atoms with Crippen molar-refractivity contribution in [1.82, 2.24) is 14.4 Å². The zero-order chi connectivity index (χ0) is 21.2. The summed E-state index contributed by atoms with van der Waals surface area (Å²) in [6, 6.07) is 17.4. The Morgan fingerprint density at radius 2 is 1.65 bits per heavy atom. The van der Waals surface area contributed by atoms with Gasteiger partial charge >= 0.3 is 0 Å². The molecule has 1 fully saturated rings. The quantitative estimate of drug-likeness (QED) is 0.607. The highest BCUT2D eigenvalue weighted by Gasteiger charge is 2.23. The predicted octanol–water partition coefficient (Wildman–Crippen LogP) is 3.85. The third kappa shape index (κ3) is 4.04. The monoisotopic (exact) mass is 418 g/mol. The summed E-state index contributed by atoms with van der Waals surface area (Å²) < 4.78 is 8.17. The Morgan fingerprint density at radius 1 is 0.871 bits per heavy atom. The fourth-order valence-corrected chi connectivity index (χ4v) is 5.35. The Kier molecular flexibility index (Phi) is 5.88. The molecule has 2 aliphatic rings. The third-order valence-electron chi connectivity index (χ3n) is 7.01. The molecule has 2 aliphatic heterocycles. The molecule has 3 aromatic rings. The summed E-state index contributed by atoms with van der Waals surface area (Å²) >= 11 is 0. The molecular weight excluding hydrogens is 384 g/mol. The molecule has 0 bridgehead atoms. The van der Waals surface area contributed by atoms with E-state index >= 15 is 0 Å². The number of methoxy groups -OCH3 is 1. The van der Waals surface area contributed by atoms with E-state index in [1.807, 2.05) is 6.07 Å². The maximum absolute atomic E-state index is 5.56. The summed E-state index contributed by atoms with van der Waals surface area (Å²) in [6.45, 7) is 8.89. The lowest BCUT2D eigenvalue weighted by molar-refractivity contribution is 0.249. The molecule has 0 atom stereocenters. The van der Waals surface area contributed by atoms with E-state index in [0.29, 0.717) is 0 Å². The SMILES string of the molecule is COc1ccccc1N1CCN(CCCn2c3c(c4ccccc42)CN(C)CC3)CC1. The number of benzene rings is 2. The molecule has 0 unspecified atom stereocenters. The van der Waals surface area contributed by atoms with Gasteiger partial charge in [0.25, 0.3) is 0 Å². The molecule has 2 aromatic carbocycles. The summed E-state index contributed by atoms with van der Waals surface area (Å²) in [6.07, 6.45) is 2.37. The van der Waals surface area contributed by atoms with Crippen LogP contribution in [0.15, 0.2) is 48.5 Å². The van der Waals surface area contributed by atoms with E-state index in [-0.39, 0.29) is 0 Å². The summed E-state index contributed by atoms with van der Waals surface area (Å²) in [5.74, 6) is 0.978. The Labute approximate surface area is 185 Å². The summed E-state index contributed by atoms with van der Waals surface area (Å²) in [4.78, 5) is 7.53. The van der Waals surface area contributed by atoms with Crippen LogP contribution in [-0.2, 0) is 19.5 Å². The molecule has 1 saturated heterocycles. The van der Waals surface area contributed by atoms with Crippen molar-refractivity contribution in [3.63, 3.8) is 0 Å². The fourth-order valence-electron chi connectivity index (χ4n) is 5.35. The van der Waals surface area contributed by atoms with Crippen molar-refractivity contribution in [2.75, 3.05) is 58.3 Å². The maximum atomic E-state index is 5.56. The first kappa shape index (κ1) is 20.4. The minimum Gasteiger partial charge on any atom is -0.495 e. The number of rotatable bonds is 6. The number of fused-ring (bicyclic) bond motifs is 3. The van der Waals surface area contributed by atoms with E-state index in [0.717, 1.165) is 58.0 Å². The normalized spacial score (nSPS) is 17.8. The van der Waals surface area contributed by atoms with Crippen LogP contribution in [0.25, 0.3) is 10.9 Å². The van der Waals surface area contributed by atoms with Crippen LogP contribution in [0.1, 0.15) is 17.7 Å². The standard InChI is InChI=1S/C26H34N4O/c1-27-15-12-24-22(20-27)21-8-3-4-9-23(21)30(24)14-7-13-28-16-18-29(19-17-28)25-10-5-6-11-26(25)31-2/h3-6,8-11H,7,12-20H2,1-2H3. The van der Waals surface area contributed by atoms with Crippen LogP contribution in [0.4, 0.5) is 5.69 Å². The Balaban J connectivity index is 1.21. The maximum Gasteiger partial charge on any atom is 0.142 e. The number of likely N-dealkylation sites (N-methyl/N-ethyl adjacent to an activating group) is 1. The summed E-state index contributed by atoms with van der Waals surface area (Å²) in [5, 5.41) is 1.45. The van der Waals surface area contributed by atoms with Crippen LogP contribution in [0.2, 0.25) is 0 Å². The number of para-hydroxylation sites is 3. The van der Waals surface area contributed by atoms with Crippen molar-refractivity contribution in [3.05, 3.63) is 59.8 Å². The van der Waals surface area contributed by atoms with Gasteiger partial charge in [-0.3, -0.25) is 4.90 Å². The molecule has 0 saturated carbocycles. The van der Waals surface area contributed by atoms with Crippen molar-refractivity contribution >= 4 is 16.6 Å². The van der Waals surface area contributed by atoms with Gasteiger partial charge < -0.3 is 19.1 Å². The molecule has 5 heteroatoms. The van der Waals surface area contributed by atoms with Crippen LogP contribution < -0.4 is 9.64 Å². The van der Waals surface area contributed by atoms with Crippen molar-refractivity contribution in [3.8, 4) is 5.75 Å². The van der Waals surface area contributed by atoms with Gasteiger partial charge in [-0.1, -0.05) is 30.3 Å². The second-order valence-electron chi connectivity index (χ2n) is 8.94. The number of nitrogens with zero attached hydrogens (tertiary/aromatic N) is 4. The van der Waals surface area contributed by atoms with Gasteiger partial charge in [-0.25, -0.2) is 0 Å². The van der Waals surface area contributed by atoms with Crippen molar-refractivity contribution < 1.29 is 4.74 Å². The topological polar surface area (TPSA) is 23.9 Å². The van der Waals surface area contributed by atoms with Gasteiger partial charge in [-0.05, 0) is 43.8 Å². The molecule has 0 radical (unpaired) electrons. The van der Waals surface area contributed by atoms with Gasteiger partial charge in [-0.2, -0.15) is 0 Å². The lowest BCUT2D eigenvalue weighted by atomic mass is 10.1. The van der Waals surface area contributed by atoms with Gasteiger partial charge in [0.2, 0.25) is 0 Å². The second-order valence-corrected chi connectivity index (χ2v) is 8.94. The zero-order valence-corrected chi connectivity index (χ0v) is 18.9. The van der Waals surface area contributed by atoms with Crippen LogP contribution >= 0.6 is 0 Å². The summed E-state index contributed by atoms with van der Waals surface area (Å²) in [5.41, 5.74) is 5.76. The molecule has 5 nitrogen and oxygen atoms in total. The van der Waals surface area contributed by atoms with E-state index in [4.69, 9.17) is 4.74 Å². The van der Waals surface area contributed by atoms with Crippen LogP contribution in [0.3, 0.4) is 0 Å². The number of anilines is 1. The smallest absolute Gasteiger partial charge is 0.142 e. The Bertz CT molecular complexity index is 1040. The first-order valence-corrected chi connectivity index (χ1v) is 11.6. The first-order valence-electron chi connectivity index (χ1n) is 11.6. The van der Waals surface area contributed by atoms with E-state index in [2.05, 4.69) is 68.8 Å². The van der Waals surface area contributed by atoms with E-state index < -0.39 is 0 Å². The zero-order valence-electron chi connectivity index (χ0n) is 18.9. The van der Waals surface area contributed by atoms with Gasteiger partial charge in [0, 0.05) is 68.8 Å². The highest BCUT2D eigenvalue weighted by Crippen LogP contribution is 2.31. The fraction of sp³-hybridized carbons (Fsp3) is 0.462. The minimum atomic E-state index is 0.978. The molecule has 0 spiro atoms.